The maximum absolute atomic E-state index is 12.9. The van der Waals surface area contributed by atoms with Gasteiger partial charge in [0.1, 0.15) is 5.82 Å². The van der Waals surface area contributed by atoms with Crippen molar-refractivity contribution in [3.05, 3.63) is 58.9 Å². The van der Waals surface area contributed by atoms with Gasteiger partial charge in [0, 0.05) is 25.3 Å². The van der Waals surface area contributed by atoms with Crippen LogP contribution in [0.15, 0.2) is 41.3 Å². The SMILES string of the molecule is Cc1cc(C(=O)Nc2ccc(F)cc2)cc(S(=O)(=O)N(C)C)c1C. The fourth-order valence-electron chi connectivity index (χ4n) is 2.16. The van der Waals surface area contributed by atoms with E-state index in [2.05, 4.69) is 5.32 Å². The third-order valence-electron chi connectivity index (χ3n) is 3.74. The minimum Gasteiger partial charge on any atom is -0.322 e. The number of halogens is 1. The summed E-state index contributed by atoms with van der Waals surface area (Å²) in [5, 5.41) is 2.63. The van der Waals surface area contributed by atoms with Crippen LogP contribution >= 0.6 is 0 Å². The van der Waals surface area contributed by atoms with E-state index in [1.165, 1.54) is 44.4 Å². The molecule has 0 fully saturated rings. The Morgan fingerprint density at radius 2 is 1.67 bits per heavy atom. The van der Waals surface area contributed by atoms with Gasteiger partial charge in [-0.15, -0.1) is 0 Å². The van der Waals surface area contributed by atoms with E-state index in [9.17, 15) is 17.6 Å². The van der Waals surface area contributed by atoms with Crippen LogP contribution in [0.1, 0.15) is 21.5 Å². The number of aryl methyl sites for hydroxylation is 1. The zero-order valence-electron chi connectivity index (χ0n) is 13.9. The number of carbonyl (C=O) groups is 1. The highest BCUT2D eigenvalue weighted by Gasteiger charge is 2.23. The molecule has 0 heterocycles. The van der Waals surface area contributed by atoms with Crippen LogP contribution in [0.25, 0.3) is 0 Å². The lowest BCUT2D eigenvalue weighted by atomic mass is 10.1. The summed E-state index contributed by atoms with van der Waals surface area (Å²) in [6, 6.07) is 8.33. The van der Waals surface area contributed by atoms with Crippen molar-refractivity contribution in [1.29, 1.82) is 0 Å². The minimum absolute atomic E-state index is 0.0942. The first-order chi connectivity index (χ1) is 11.1. The van der Waals surface area contributed by atoms with Crippen molar-refractivity contribution >= 4 is 21.6 Å². The maximum atomic E-state index is 12.9. The number of amides is 1. The summed E-state index contributed by atoms with van der Waals surface area (Å²) in [6.45, 7) is 3.45. The molecule has 0 aromatic heterocycles. The number of rotatable bonds is 4. The van der Waals surface area contributed by atoms with Crippen molar-refractivity contribution in [2.45, 2.75) is 18.7 Å². The molecule has 1 N–H and O–H groups in total. The molecule has 2 rings (SSSR count). The Kier molecular flexibility index (Phi) is 5.05. The molecule has 1 amide bonds. The number of nitrogens with one attached hydrogen (secondary N) is 1. The molecule has 0 aliphatic heterocycles. The molecule has 0 atom stereocenters. The zero-order valence-corrected chi connectivity index (χ0v) is 14.7. The van der Waals surface area contributed by atoms with Gasteiger partial charge in [-0.3, -0.25) is 4.79 Å². The first-order valence-electron chi connectivity index (χ1n) is 7.23. The Morgan fingerprint density at radius 1 is 1.08 bits per heavy atom. The molecule has 0 saturated heterocycles. The van der Waals surface area contributed by atoms with Gasteiger partial charge in [0.25, 0.3) is 5.91 Å². The summed E-state index contributed by atoms with van der Waals surface area (Å²) in [5.41, 5.74) is 1.95. The van der Waals surface area contributed by atoms with Gasteiger partial charge in [0.2, 0.25) is 10.0 Å². The van der Waals surface area contributed by atoms with Gasteiger partial charge < -0.3 is 5.32 Å². The average Bonchev–Trinajstić information content (AvgIpc) is 2.51. The molecule has 24 heavy (non-hydrogen) atoms. The van der Waals surface area contributed by atoms with Gasteiger partial charge in [-0.05, 0) is 61.4 Å². The number of anilines is 1. The first kappa shape index (κ1) is 18.1. The molecule has 0 unspecified atom stereocenters. The second-order valence-corrected chi connectivity index (χ2v) is 7.78. The zero-order chi connectivity index (χ0) is 18.1. The monoisotopic (exact) mass is 350 g/mol. The van der Waals surface area contributed by atoms with E-state index in [1.807, 2.05) is 0 Å². The number of nitrogens with zero attached hydrogens (tertiary/aromatic N) is 1. The Labute approximate surface area is 141 Å². The van der Waals surface area contributed by atoms with E-state index in [0.29, 0.717) is 16.8 Å². The summed E-state index contributed by atoms with van der Waals surface area (Å²) >= 11 is 0. The van der Waals surface area contributed by atoms with Gasteiger partial charge in [-0.2, -0.15) is 0 Å². The van der Waals surface area contributed by atoms with E-state index in [0.717, 1.165) is 4.31 Å². The second kappa shape index (κ2) is 6.70. The normalized spacial score (nSPS) is 11.6. The Morgan fingerprint density at radius 3 is 2.21 bits per heavy atom. The molecule has 5 nitrogen and oxygen atoms in total. The molecule has 0 aliphatic carbocycles. The number of carbonyl (C=O) groups excluding carboxylic acids is 1. The average molecular weight is 350 g/mol. The smallest absolute Gasteiger partial charge is 0.255 e. The number of sulfonamides is 1. The van der Waals surface area contributed by atoms with Crippen molar-refractivity contribution < 1.29 is 17.6 Å². The lowest BCUT2D eigenvalue weighted by molar-refractivity contribution is 0.102. The predicted molar refractivity (Wildman–Crippen MR) is 91.1 cm³/mol. The minimum atomic E-state index is -3.66. The summed E-state index contributed by atoms with van der Waals surface area (Å²) in [4.78, 5) is 12.5. The van der Waals surface area contributed by atoms with Gasteiger partial charge in [-0.1, -0.05) is 0 Å². The molecule has 2 aromatic carbocycles. The van der Waals surface area contributed by atoms with Crippen LogP contribution in [0.4, 0.5) is 10.1 Å². The van der Waals surface area contributed by atoms with Crippen molar-refractivity contribution in [3.8, 4) is 0 Å². The molecule has 0 aliphatic rings. The van der Waals surface area contributed by atoms with Gasteiger partial charge in [-0.25, -0.2) is 17.1 Å². The van der Waals surface area contributed by atoms with Crippen molar-refractivity contribution in [3.63, 3.8) is 0 Å². The second-order valence-electron chi connectivity index (χ2n) is 5.66. The quantitative estimate of drug-likeness (QED) is 0.922. The van der Waals surface area contributed by atoms with Crippen molar-refractivity contribution in [2.75, 3.05) is 19.4 Å². The molecular weight excluding hydrogens is 331 g/mol. The lowest BCUT2D eigenvalue weighted by Crippen LogP contribution is -2.24. The largest absolute Gasteiger partial charge is 0.322 e. The summed E-state index contributed by atoms with van der Waals surface area (Å²) in [7, 11) is -0.781. The van der Waals surface area contributed by atoms with E-state index in [1.54, 1.807) is 19.9 Å². The van der Waals surface area contributed by atoms with Crippen LogP contribution in [0, 0.1) is 19.7 Å². The highest BCUT2D eigenvalue weighted by Crippen LogP contribution is 2.24. The topological polar surface area (TPSA) is 66.5 Å². The Balaban J connectivity index is 2.42. The van der Waals surface area contributed by atoms with E-state index < -0.39 is 21.7 Å². The van der Waals surface area contributed by atoms with Crippen LogP contribution < -0.4 is 5.32 Å². The van der Waals surface area contributed by atoms with E-state index >= 15 is 0 Å². The molecule has 0 radical (unpaired) electrons. The third-order valence-corrected chi connectivity index (χ3v) is 5.68. The number of benzene rings is 2. The van der Waals surface area contributed by atoms with Crippen LogP contribution in [-0.4, -0.2) is 32.7 Å². The highest BCUT2D eigenvalue weighted by atomic mass is 32.2. The molecule has 128 valence electrons. The van der Waals surface area contributed by atoms with E-state index in [-0.39, 0.29) is 10.5 Å². The van der Waals surface area contributed by atoms with Gasteiger partial charge >= 0.3 is 0 Å². The number of hydrogen-bond acceptors (Lipinski definition) is 3. The van der Waals surface area contributed by atoms with Crippen LogP contribution in [0.5, 0.6) is 0 Å². The van der Waals surface area contributed by atoms with Crippen LogP contribution in [-0.2, 0) is 10.0 Å². The standard InChI is InChI=1S/C17H19FN2O3S/c1-11-9-13(10-16(12(11)2)24(22,23)20(3)4)17(21)19-15-7-5-14(18)6-8-15/h5-10H,1-4H3,(H,19,21). The molecular formula is C17H19FN2O3S. The molecule has 0 spiro atoms. The predicted octanol–water partition coefficient (Wildman–Crippen LogP) is 2.95. The first-order valence-corrected chi connectivity index (χ1v) is 8.67. The third kappa shape index (κ3) is 3.63. The molecule has 7 heteroatoms. The molecule has 2 aromatic rings. The Bertz CT molecular complexity index is 875. The fourth-order valence-corrected chi connectivity index (χ4v) is 3.38. The van der Waals surface area contributed by atoms with Crippen LogP contribution in [0.3, 0.4) is 0 Å². The van der Waals surface area contributed by atoms with E-state index in [4.69, 9.17) is 0 Å². The summed E-state index contributed by atoms with van der Waals surface area (Å²) < 4.78 is 38.9. The van der Waals surface area contributed by atoms with Gasteiger partial charge in [0.05, 0.1) is 4.90 Å². The van der Waals surface area contributed by atoms with Crippen molar-refractivity contribution in [2.24, 2.45) is 0 Å². The Hall–Kier alpha value is -2.25. The van der Waals surface area contributed by atoms with Crippen LogP contribution in [0.2, 0.25) is 0 Å². The maximum Gasteiger partial charge on any atom is 0.255 e. The summed E-state index contributed by atoms with van der Waals surface area (Å²) in [6.07, 6.45) is 0. The highest BCUT2D eigenvalue weighted by molar-refractivity contribution is 7.89. The lowest BCUT2D eigenvalue weighted by Gasteiger charge is -2.16. The van der Waals surface area contributed by atoms with Crippen molar-refractivity contribution in [1.82, 2.24) is 4.31 Å². The molecule has 0 bridgehead atoms. The summed E-state index contributed by atoms with van der Waals surface area (Å²) in [5.74, 6) is -0.863. The fraction of sp³-hybridized carbons (Fsp3) is 0.235. The molecule has 0 saturated carbocycles. The number of hydrogen-bond donors (Lipinski definition) is 1. The van der Waals surface area contributed by atoms with Gasteiger partial charge in [0.15, 0.2) is 0 Å².